The van der Waals surface area contributed by atoms with Crippen molar-refractivity contribution in [3.05, 3.63) is 71.3 Å². The number of amides is 1. The van der Waals surface area contributed by atoms with Crippen molar-refractivity contribution in [3.8, 4) is 11.8 Å². The molecule has 4 nitrogen and oxygen atoms in total. The lowest BCUT2D eigenvalue weighted by molar-refractivity contribution is -0.117. The highest BCUT2D eigenvalue weighted by Crippen LogP contribution is 2.17. The Morgan fingerprint density at radius 3 is 2.38 bits per heavy atom. The molecule has 0 saturated carbocycles. The first kappa shape index (κ1) is 19.3. The minimum Gasteiger partial charge on any atom is -0.491 e. The first-order chi connectivity index (χ1) is 12.5. The average molecular weight is 348 g/mol. The summed E-state index contributed by atoms with van der Waals surface area (Å²) in [6.07, 6.45) is 2.66. The van der Waals surface area contributed by atoms with Crippen molar-refractivity contribution in [1.82, 2.24) is 5.32 Å². The number of hydrogen-bond donors (Lipinski definition) is 1. The zero-order valence-corrected chi connectivity index (χ0v) is 15.4. The van der Waals surface area contributed by atoms with Gasteiger partial charge in [-0.2, -0.15) is 5.26 Å². The number of carbonyl (C=O) groups is 1. The molecule has 0 aromatic heterocycles. The first-order valence-electron chi connectivity index (χ1n) is 8.77. The predicted molar refractivity (Wildman–Crippen MR) is 103 cm³/mol. The highest BCUT2D eigenvalue weighted by Gasteiger charge is 2.13. The Kier molecular flexibility index (Phi) is 6.99. The van der Waals surface area contributed by atoms with Gasteiger partial charge in [-0.15, -0.1) is 0 Å². The maximum Gasteiger partial charge on any atom is 0.262 e. The molecule has 1 amide bonds. The van der Waals surface area contributed by atoms with Crippen LogP contribution in [0.25, 0.3) is 6.08 Å². The molecule has 0 saturated heterocycles. The number of carbonyl (C=O) groups excluding carboxylic acids is 1. The molecule has 0 spiro atoms. The molecule has 2 atom stereocenters. The van der Waals surface area contributed by atoms with Crippen LogP contribution >= 0.6 is 0 Å². The second-order valence-corrected chi connectivity index (χ2v) is 6.18. The molecule has 2 aromatic rings. The largest absolute Gasteiger partial charge is 0.491 e. The maximum atomic E-state index is 12.4. The van der Waals surface area contributed by atoms with E-state index in [2.05, 4.69) is 12.2 Å². The third-order valence-electron chi connectivity index (χ3n) is 4.12. The third kappa shape index (κ3) is 5.49. The van der Waals surface area contributed by atoms with Crippen LogP contribution in [0.1, 0.15) is 44.4 Å². The SMILES string of the molecule is CC[C@@H](C)Oc1ccc(/C=C(/C#N)C(=O)N[C@@H](C)c2ccccc2)cc1. The lowest BCUT2D eigenvalue weighted by atomic mass is 10.1. The Labute approximate surface area is 155 Å². The molecule has 0 heterocycles. The Morgan fingerprint density at radius 2 is 1.81 bits per heavy atom. The summed E-state index contributed by atoms with van der Waals surface area (Å²) in [5.74, 6) is 0.390. The maximum absolute atomic E-state index is 12.4. The van der Waals surface area contributed by atoms with Gasteiger partial charge in [-0.1, -0.05) is 49.4 Å². The van der Waals surface area contributed by atoms with E-state index >= 15 is 0 Å². The monoisotopic (exact) mass is 348 g/mol. The molecule has 2 aromatic carbocycles. The van der Waals surface area contributed by atoms with E-state index in [9.17, 15) is 10.1 Å². The van der Waals surface area contributed by atoms with Gasteiger partial charge in [-0.05, 0) is 49.6 Å². The van der Waals surface area contributed by atoms with Crippen LogP contribution in [0.15, 0.2) is 60.2 Å². The van der Waals surface area contributed by atoms with Crippen LogP contribution in [-0.4, -0.2) is 12.0 Å². The minimum absolute atomic E-state index is 0.0726. The smallest absolute Gasteiger partial charge is 0.262 e. The Morgan fingerprint density at radius 1 is 1.15 bits per heavy atom. The van der Waals surface area contributed by atoms with Gasteiger partial charge in [0.25, 0.3) is 5.91 Å². The molecule has 1 N–H and O–H groups in total. The average Bonchev–Trinajstić information content (AvgIpc) is 2.67. The second-order valence-electron chi connectivity index (χ2n) is 6.18. The zero-order chi connectivity index (χ0) is 18.9. The van der Waals surface area contributed by atoms with Gasteiger partial charge >= 0.3 is 0 Å². The van der Waals surface area contributed by atoms with Gasteiger partial charge in [0.2, 0.25) is 0 Å². The van der Waals surface area contributed by atoms with Crippen molar-refractivity contribution >= 4 is 12.0 Å². The van der Waals surface area contributed by atoms with Gasteiger partial charge < -0.3 is 10.1 Å². The summed E-state index contributed by atoms with van der Waals surface area (Å²) in [7, 11) is 0. The van der Waals surface area contributed by atoms with Crippen LogP contribution in [0.5, 0.6) is 5.75 Å². The van der Waals surface area contributed by atoms with E-state index in [-0.39, 0.29) is 23.6 Å². The lowest BCUT2D eigenvalue weighted by Gasteiger charge is -2.14. The molecule has 0 radical (unpaired) electrons. The summed E-state index contributed by atoms with van der Waals surface area (Å²) in [5, 5.41) is 12.2. The minimum atomic E-state index is -0.385. The number of benzene rings is 2. The lowest BCUT2D eigenvalue weighted by Crippen LogP contribution is -2.27. The number of nitrogens with zero attached hydrogens (tertiary/aromatic N) is 1. The molecule has 26 heavy (non-hydrogen) atoms. The van der Waals surface area contributed by atoms with E-state index in [1.807, 2.05) is 74.5 Å². The molecule has 134 valence electrons. The molecule has 0 bridgehead atoms. The molecular weight excluding hydrogens is 324 g/mol. The van der Waals surface area contributed by atoms with Crippen molar-refractivity contribution in [2.75, 3.05) is 0 Å². The van der Waals surface area contributed by atoms with Crippen LogP contribution in [0.3, 0.4) is 0 Å². The zero-order valence-electron chi connectivity index (χ0n) is 15.4. The fourth-order valence-electron chi connectivity index (χ4n) is 2.37. The summed E-state index contributed by atoms with van der Waals surface area (Å²) in [6, 6.07) is 18.8. The number of nitriles is 1. The fraction of sp³-hybridized carbons (Fsp3) is 0.273. The van der Waals surface area contributed by atoms with Crippen LogP contribution in [0, 0.1) is 11.3 Å². The molecule has 0 aliphatic carbocycles. The van der Waals surface area contributed by atoms with E-state index in [0.29, 0.717) is 0 Å². The van der Waals surface area contributed by atoms with Crippen molar-refractivity contribution in [1.29, 1.82) is 5.26 Å². The quantitative estimate of drug-likeness (QED) is 0.585. The molecular formula is C22H24N2O2. The molecule has 2 rings (SSSR count). The molecule has 0 fully saturated rings. The Bertz CT molecular complexity index is 789. The van der Waals surface area contributed by atoms with Crippen LogP contribution < -0.4 is 10.1 Å². The van der Waals surface area contributed by atoms with Crippen molar-refractivity contribution in [2.45, 2.75) is 39.3 Å². The van der Waals surface area contributed by atoms with Gasteiger partial charge in [0.05, 0.1) is 12.1 Å². The van der Waals surface area contributed by atoms with Crippen molar-refractivity contribution in [3.63, 3.8) is 0 Å². The van der Waals surface area contributed by atoms with Gasteiger partial charge in [-0.25, -0.2) is 0 Å². The Balaban J connectivity index is 2.07. The van der Waals surface area contributed by atoms with Gasteiger partial charge in [0, 0.05) is 0 Å². The number of nitrogens with one attached hydrogen (secondary N) is 1. The van der Waals surface area contributed by atoms with Gasteiger partial charge in [0.15, 0.2) is 0 Å². The normalized spacial score (nSPS) is 13.4. The first-order valence-corrected chi connectivity index (χ1v) is 8.77. The summed E-state index contributed by atoms with van der Waals surface area (Å²) in [6.45, 7) is 5.97. The summed E-state index contributed by atoms with van der Waals surface area (Å²) >= 11 is 0. The molecule has 0 aliphatic rings. The van der Waals surface area contributed by atoms with Crippen LogP contribution in [0.2, 0.25) is 0 Å². The standard InChI is InChI=1S/C22H24N2O2/c1-4-16(2)26-21-12-10-18(11-13-21)14-20(15-23)22(25)24-17(3)19-8-6-5-7-9-19/h5-14,16-17H,4H2,1-3H3,(H,24,25)/b20-14-/t16-,17+/m1/s1. The summed E-state index contributed by atoms with van der Waals surface area (Å²) in [5.41, 5.74) is 1.84. The number of rotatable bonds is 7. The fourth-order valence-corrected chi connectivity index (χ4v) is 2.37. The number of ether oxygens (including phenoxy) is 1. The van der Waals surface area contributed by atoms with Gasteiger partial charge in [-0.3, -0.25) is 4.79 Å². The predicted octanol–water partition coefficient (Wildman–Crippen LogP) is 4.65. The van der Waals surface area contributed by atoms with Crippen molar-refractivity contribution in [2.24, 2.45) is 0 Å². The van der Waals surface area contributed by atoms with E-state index in [0.717, 1.165) is 23.3 Å². The molecule has 0 aliphatic heterocycles. The van der Waals surface area contributed by atoms with Crippen LogP contribution in [-0.2, 0) is 4.79 Å². The molecule has 0 unspecified atom stereocenters. The Hall–Kier alpha value is -3.06. The topological polar surface area (TPSA) is 62.1 Å². The highest BCUT2D eigenvalue weighted by atomic mass is 16.5. The second kappa shape index (κ2) is 9.43. The molecule has 4 heteroatoms. The summed E-state index contributed by atoms with van der Waals surface area (Å²) in [4.78, 5) is 12.4. The highest BCUT2D eigenvalue weighted by molar-refractivity contribution is 6.01. The van der Waals surface area contributed by atoms with Crippen molar-refractivity contribution < 1.29 is 9.53 Å². The summed E-state index contributed by atoms with van der Waals surface area (Å²) < 4.78 is 5.73. The van der Waals surface area contributed by atoms with Crippen LogP contribution in [0.4, 0.5) is 0 Å². The van der Waals surface area contributed by atoms with E-state index in [4.69, 9.17) is 4.74 Å². The van der Waals surface area contributed by atoms with Gasteiger partial charge in [0.1, 0.15) is 17.4 Å². The van der Waals surface area contributed by atoms with E-state index < -0.39 is 0 Å². The van der Waals surface area contributed by atoms with E-state index in [1.165, 1.54) is 0 Å². The number of hydrogen-bond acceptors (Lipinski definition) is 3. The third-order valence-corrected chi connectivity index (χ3v) is 4.12. The van der Waals surface area contributed by atoms with E-state index in [1.54, 1.807) is 6.08 Å².